The van der Waals surface area contributed by atoms with E-state index in [1.165, 1.54) is 42.7 Å². The zero-order valence-electron chi connectivity index (χ0n) is 11.0. The summed E-state index contributed by atoms with van der Waals surface area (Å²) in [5, 5.41) is 0. The monoisotopic (exact) mass is 252 g/mol. The van der Waals surface area contributed by atoms with Crippen LogP contribution < -0.4 is 5.73 Å². The average molecular weight is 252 g/mol. The maximum atomic E-state index is 6.53. The van der Waals surface area contributed by atoms with Crippen molar-refractivity contribution in [2.75, 3.05) is 0 Å². The molecular weight excluding hydrogens is 228 g/mol. The molecule has 1 fully saturated rings. The molecule has 0 aliphatic heterocycles. The van der Waals surface area contributed by atoms with Crippen LogP contribution in [0.4, 0.5) is 0 Å². The lowest BCUT2D eigenvalue weighted by atomic mass is 9.74. The predicted molar refractivity (Wildman–Crippen MR) is 74.3 cm³/mol. The molecule has 1 heterocycles. The summed E-state index contributed by atoms with van der Waals surface area (Å²) in [6.45, 7) is 4.40. The van der Waals surface area contributed by atoms with Crippen molar-refractivity contribution < 1.29 is 0 Å². The van der Waals surface area contributed by atoms with Gasteiger partial charge in [-0.05, 0) is 51.4 Å². The number of hydrogen-bond acceptors (Lipinski definition) is 3. The molecule has 2 N–H and O–H groups in total. The van der Waals surface area contributed by atoms with E-state index in [-0.39, 0.29) is 5.54 Å². The molecular formula is C14H24N2S. The van der Waals surface area contributed by atoms with Crippen LogP contribution in [0.15, 0.2) is 5.51 Å². The van der Waals surface area contributed by atoms with Crippen LogP contribution in [-0.2, 0) is 6.42 Å². The highest BCUT2D eigenvalue weighted by molar-refractivity contribution is 7.09. The third kappa shape index (κ3) is 3.29. The van der Waals surface area contributed by atoms with Crippen LogP contribution in [0.25, 0.3) is 0 Å². The lowest BCUT2D eigenvalue weighted by Crippen LogP contribution is -2.43. The molecule has 0 aromatic carbocycles. The van der Waals surface area contributed by atoms with Crippen LogP contribution in [0.1, 0.15) is 56.0 Å². The van der Waals surface area contributed by atoms with Gasteiger partial charge in [0.25, 0.3) is 0 Å². The molecule has 1 aliphatic rings. The van der Waals surface area contributed by atoms with Gasteiger partial charge in [-0.15, -0.1) is 11.3 Å². The molecule has 1 saturated carbocycles. The molecule has 0 amide bonds. The van der Waals surface area contributed by atoms with E-state index in [1.54, 1.807) is 11.3 Å². The summed E-state index contributed by atoms with van der Waals surface area (Å²) in [4.78, 5) is 5.73. The smallest absolute Gasteiger partial charge is 0.0797 e. The fourth-order valence-corrected chi connectivity index (χ4v) is 3.62. The van der Waals surface area contributed by atoms with Crippen LogP contribution in [-0.4, -0.2) is 10.5 Å². The number of aryl methyl sites for hydroxylation is 2. The van der Waals surface area contributed by atoms with Crippen molar-refractivity contribution in [2.24, 2.45) is 11.7 Å². The third-order valence-electron chi connectivity index (χ3n) is 4.37. The molecule has 0 unspecified atom stereocenters. The molecule has 0 bridgehead atoms. The van der Waals surface area contributed by atoms with Gasteiger partial charge in [-0.1, -0.05) is 13.3 Å². The summed E-state index contributed by atoms with van der Waals surface area (Å²) in [6, 6.07) is 0. The van der Waals surface area contributed by atoms with E-state index < -0.39 is 0 Å². The zero-order chi connectivity index (χ0) is 12.3. The van der Waals surface area contributed by atoms with E-state index in [1.807, 2.05) is 5.51 Å². The summed E-state index contributed by atoms with van der Waals surface area (Å²) in [5.41, 5.74) is 9.77. The first-order chi connectivity index (χ1) is 8.13. The molecule has 2 nitrogen and oxygen atoms in total. The Balaban J connectivity index is 1.85. The van der Waals surface area contributed by atoms with Crippen molar-refractivity contribution in [1.82, 2.24) is 4.98 Å². The van der Waals surface area contributed by atoms with Gasteiger partial charge in [-0.3, -0.25) is 0 Å². The molecule has 2 rings (SSSR count). The Morgan fingerprint density at radius 3 is 2.71 bits per heavy atom. The second-order valence-corrected chi connectivity index (χ2v) is 6.51. The van der Waals surface area contributed by atoms with Crippen LogP contribution in [0.3, 0.4) is 0 Å². The second-order valence-electron chi connectivity index (χ2n) is 5.57. The fourth-order valence-electron chi connectivity index (χ4n) is 2.84. The summed E-state index contributed by atoms with van der Waals surface area (Å²) >= 11 is 1.78. The normalized spacial score (nSPS) is 29.5. The molecule has 0 saturated heterocycles. The summed E-state index contributed by atoms with van der Waals surface area (Å²) in [5.74, 6) is 0.928. The van der Waals surface area contributed by atoms with Gasteiger partial charge in [0.2, 0.25) is 0 Å². The Labute approximate surface area is 109 Å². The van der Waals surface area contributed by atoms with Crippen LogP contribution in [0.5, 0.6) is 0 Å². The minimum absolute atomic E-state index is 0.0993. The topological polar surface area (TPSA) is 38.9 Å². The Morgan fingerprint density at radius 1 is 1.47 bits per heavy atom. The molecule has 0 spiro atoms. The first kappa shape index (κ1) is 13.0. The van der Waals surface area contributed by atoms with Gasteiger partial charge in [0, 0.05) is 10.4 Å². The van der Waals surface area contributed by atoms with Gasteiger partial charge in [-0.2, -0.15) is 0 Å². The highest BCUT2D eigenvalue weighted by atomic mass is 32.1. The van der Waals surface area contributed by atoms with Crippen molar-refractivity contribution in [3.63, 3.8) is 0 Å². The number of nitrogens with zero attached hydrogens (tertiary/aromatic N) is 1. The van der Waals surface area contributed by atoms with E-state index in [9.17, 15) is 0 Å². The molecule has 3 heteroatoms. The Bertz CT molecular complexity index is 351. The van der Waals surface area contributed by atoms with Crippen LogP contribution in [0, 0.1) is 12.8 Å². The van der Waals surface area contributed by atoms with Crippen molar-refractivity contribution in [2.45, 2.75) is 64.3 Å². The van der Waals surface area contributed by atoms with E-state index in [0.717, 1.165) is 18.8 Å². The first-order valence-corrected chi connectivity index (χ1v) is 7.69. The Morgan fingerprint density at radius 2 is 2.18 bits per heavy atom. The van der Waals surface area contributed by atoms with Gasteiger partial charge < -0.3 is 5.73 Å². The van der Waals surface area contributed by atoms with E-state index in [2.05, 4.69) is 18.8 Å². The molecule has 1 aromatic heterocycles. The molecule has 96 valence electrons. The fraction of sp³-hybridized carbons (Fsp3) is 0.786. The minimum Gasteiger partial charge on any atom is -0.325 e. The van der Waals surface area contributed by atoms with E-state index in [0.29, 0.717) is 0 Å². The summed E-state index contributed by atoms with van der Waals surface area (Å²) < 4.78 is 0. The van der Waals surface area contributed by atoms with Crippen LogP contribution >= 0.6 is 11.3 Å². The summed E-state index contributed by atoms with van der Waals surface area (Å²) in [7, 11) is 0. The average Bonchev–Trinajstić information content (AvgIpc) is 2.74. The number of rotatable bonds is 4. The highest BCUT2D eigenvalue weighted by Crippen LogP contribution is 2.35. The number of hydrogen-bond donors (Lipinski definition) is 1. The number of nitrogens with two attached hydrogens (primary N) is 1. The van der Waals surface area contributed by atoms with Gasteiger partial charge in [0.05, 0.1) is 11.2 Å². The highest BCUT2D eigenvalue weighted by Gasteiger charge is 2.30. The standard InChI is InChI=1S/C14H24N2S/c1-3-12-4-7-14(15,8-5-12)9-6-13-11(2)16-10-17-13/h10,12H,3-9,15H2,1-2H3. The third-order valence-corrected chi connectivity index (χ3v) is 5.37. The number of aromatic nitrogens is 1. The largest absolute Gasteiger partial charge is 0.325 e. The molecule has 17 heavy (non-hydrogen) atoms. The van der Waals surface area contributed by atoms with Gasteiger partial charge in [-0.25, -0.2) is 4.98 Å². The quantitative estimate of drug-likeness (QED) is 0.887. The molecule has 0 atom stereocenters. The minimum atomic E-state index is 0.0993. The molecule has 0 radical (unpaired) electrons. The van der Waals surface area contributed by atoms with Gasteiger partial charge in [0.1, 0.15) is 0 Å². The first-order valence-electron chi connectivity index (χ1n) is 6.81. The van der Waals surface area contributed by atoms with Crippen molar-refractivity contribution in [3.8, 4) is 0 Å². The van der Waals surface area contributed by atoms with Crippen LogP contribution in [0.2, 0.25) is 0 Å². The zero-order valence-corrected chi connectivity index (χ0v) is 11.9. The van der Waals surface area contributed by atoms with E-state index in [4.69, 9.17) is 5.73 Å². The van der Waals surface area contributed by atoms with Crippen molar-refractivity contribution >= 4 is 11.3 Å². The Hall–Kier alpha value is -0.410. The van der Waals surface area contributed by atoms with Gasteiger partial charge >= 0.3 is 0 Å². The lowest BCUT2D eigenvalue weighted by Gasteiger charge is -2.37. The van der Waals surface area contributed by atoms with Crippen molar-refractivity contribution in [1.29, 1.82) is 0 Å². The maximum absolute atomic E-state index is 6.53. The second kappa shape index (κ2) is 5.49. The lowest BCUT2D eigenvalue weighted by molar-refractivity contribution is 0.218. The molecule has 1 aromatic rings. The summed E-state index contributed by atoms with van der Waals surface area (Å²) in [6.07, 6.45) is 8.65. The SMILES string of the molecule is CCC1CCC(N)(CCc2scnc2C)CC1. The maximum Gasteiger partial charge on any atom is 0.0797 e. The number of thiazole rings is 1. The Kier molecular flexibility index (Phi) is 4.21. The van der Waals surface area contributed by atoms with Crippen molar-refractivity contribution in [3.05, 3.63) is 16.1 Å². The predicted octanol–water partition coefficient (Wildman–Crippen LogP) is 3.68. The molecule has 1 aliphatic carbocycles. The van der Waals surface area contributed by atoms with E-state index >= 15 is 0 Å². The van der Waals surface area contributed by atoms with Gasteiger partial charge in [0.15, 0.2) is 0 Å².